The summed E-state index contributed by atoms with van der Waals surface area (Å²) >= 11 is 0. The number of carbonyl (C=O) groups is 5. The van der Waals surface area contributed by atoms with Crippen LogP contribution in [0.3, 0.4) is 0 Å². The van der Waals surface area contributed by atoms with Gasteiger partial charge in [-0.25, -0.2) is 4.79 Å². The van der Waals surface area contributed by atoms with Gasteiger partial charge in [0, 0.05) is 13.1 Å². The molecule has 0 spiro atoms. The van der Waals surface area contributed by atoms with E-state index < -0.39 is 60.2 Å². The highest BCUT2D eigenvalue weighted by atomic mass is 16.4. The Balaban J connectivity index is 2.98. The molecule has 0 radical (unpaired) electrons. The first-order valence-electron chi connectivity index (χ1n) is 10.1. The van der Waals surface area contributed by atoms with E-state index in [2.05, 4.69) is 15.6 Å². The second kappa shape index (κ2) is 12.4. The number of aliphatic imine (C=N–C) groups is 1. The first kappa shape index (κ1) is 26.6. The Morgan fingerprint density at radius 2 is 1.72 bits per heavy atom. The molecular formula is C18H31N7O7. The Hall–Kier alpha value is -3.42. The predicted molar refractivity (Wildman–Crippen MR) is 112 cm³/mol. The van der Waals surface area contributed by atoms with Crippen LogP contribution in [0.4, 0.5) is 0 Å². The summed E-state index contributed by atoms with van der Waals surface area (Å²) in [5.41, 5.74) is 16.0. The number of rotatable bonds is 12. The monoisotopic (exact) mass is 457 g/mol. The van der Waals surface area contributed by atoms with Gasteiger partial charge < -0.3 is 42.9 Å². The lowest BCUT2D eigenvalue weighted by Crippen LogP contribution is -2.57. The van der Waals surface area contributed by atoms with E-state index in [0.29, 0.717) is 12.8 Å². The number of hydrogen-bond acceptors (Lipinski definition) is 7. The lowest BCUT2D eigenvalue weighted by atomic mass is 10.1. The van der Waals surface area contributed by atoms with Crippen molar-refractivity contribution in [3.8, 4) is 0 Å². The normalized spacial score (nSPS) is 18.2. The third-order valence-corrected chi connectivity index (χ3v) is 4.81. The molecule has 1 aliphatic rings. The number of amides is 3. The average molecular weight is 457 g/mol. The Bertz CT molecular complexity index is 752. The van der Waals surface area contributed by atoms with E-state index in [4.69, 9.17) is 17.2 Å². The topological polar surface area (TPSA) is 244 Å². The van der Waals surface area contributed by atoms with Crippen molar-refractivity contribution in [2.75, 3.05) is 13.1 Å². The Labute approximate surface area is 184 Å². The molecule has 1 fully saturated rings. The van der Waals surface area contributed by atoms with Crippen molar-refractivity contribution in [1.29, 1.82) is 0 Å². The summed E-state index contributed by atoms with van der Waals surface area (Å²) in [6.07, 6.45) is 0.285. The van der Waals surface area contributed by atoms with E-state index >= 15 is 0 Å². The van der Waals surface area contributed by atoms with Crippen LogP contribution in [0, 0.1) is 0 Å². The number of nitrogens with one attached hydrogen (secondary N) is 2. The van der Waals surface area contributed by atoms with Crippen LogP contribution in [0.25, 0.3) is 0 Å². The van der Waals surface area contributed by atoms with Crippen LogP contribution in [0.15, 0.2) is 4.99 Å². The van der Waals surface area contributed by atoms with Crippen molar-refractivity contribution in [2.24, 2.45) is 22.2 Å². The number of hydrogen-bond donors (Lipinski definition) is 7. The summed E-state index contributed by atoms with van der Waals surface area (Å²) in [5.74, 6) is -4.97. The molecule has 10 N–H and O–H groups in total. The van der Waals surface area contributed by atoms with E-state index in [1.807, 2.05) is 0 Å². The van der Waals surface area contributed by atoms with Crippen LogP contribution in [-0.2, 0) is 24.0 Å². The van der Waals surface area contributed by atoms with Crippen molar-refractivity contribution in [2.45, 2.75) is 63.2 Å². The second-order valence-corrected chi connectivity index (χ2v) is 7.49. The van der Waals surface area contributed by atoms with Crippen molar-refractivity contribution < 1.29 is 34.2 Å². The van der Waals surface area contributed by atoms with Gasteiger partial charge in [0.05, 0.1) is 12.5 Å². The molecule has 32 heavy (non-hydrogen) atoms. The number of carbonyl (C=O) groups excluding carboxylic acids is 3. The van der Waals surface area contributed by atoms with Gasteiger partial charge in [0.15, 0.2) is 5.96 Å². The Morgan fingerprint density at radius 1 is 1.09 bits per heavy atom. The maximum atomic E-state index is 12.9. The van der Waals surface area contributed by atoms with Crippen molar-refractivity contribution in [3.05, 3.63) is 0 Å². The number of carboxylic acid groups (broad SMARTS) is 2. The van der Waals surface area contributed by atoms with Crippen molar-refractivity contribution in [3.63, 3.8) is 0 Å². The second-order valence-electron chi connectivity index (χ2n) is 7.49. The van der Waals surface area contributed by atoms with Crippen molar-refractivity contribution >= 4 is 35.6 Å². The molecule has 14 heteroatoms. The smallest absolute Gasteiger partial charge is 0.326 e. The number of guanidine groups is 1. The highest BCUT2D eigenvalue weighted by Crippen LogP contribution is 2.19. The van der Waals surface area contributed by atoms with Crippen LogP contribution >= 0.6 is 0 Å². The van der Waals surface area contributed by atoms with E-state index in [1.54, 1.807) is 0 Å². The average Bonchev–Trinajstić information content (AvgIpc) is 3.18. The summed E-state index contributed by atoms with van der Waals surface area (Å²) < 4.78 is 0. The van der Waals surface area contributed by atoms with Gasteiger partial charge in [-0.1, -0.05) is 0 Å². The summed E-state index contributed by atoms with van der Waals surface area (Å²) in [7, 11) is 0. The molecule has 3 amide bonds. The van der Waals surface area contributed by atoms with Crippen molar-refractivity contribution in [1.82, 2.24) is 15.5 Å². The van der Waals surface area contributed by atoms with Gasteiger partial charge in [0.25, 0.3) is 0 Å². The maximum absolute atomic E-state index is 12.9. The standard InChI is InChI=1S/C18H31N7O7/c1-9(19)14(28)23-10(4-2-6-22-18(20)21)15(29)24-11(8-13(26)27)16(30)25-7-3-5-12(25)17(31)32/h9-12H,2-8,19H2,1H3,(H,23,28)(H,24,29)(H,26,27)(H,31,32)(H4,20,21,22). The lowest BCUT2D eigenvalue weighted by molar-refractivity contribution is -0.150. The van der Waals surface area contributed by atoms with Gasteiger partial charge in [-0.2, -0.15) is 0 Å². The highest BCUT2D eigenvalue weighted by molar-refractivity contribution is 5.95. The number of carboxylic acids is 2. The fraction of sp³-hybridized carbons (Fsp3) is 0.667. The summed E-state index contributed by atoms with van der Waals surface area (Å²) in [6, 6.07) is -4.66. The van der Waals surface area contributed by atoms with Gasteiger partial charge in [-0.3, -0.25) is 24.2 Å². The molecule has 180 valence electrons. The quantitative estimate of drug-likeness (QED) is 0.0884. The first-order chi connectivity index (χ1) is 14.9. The molecule has 4 unspecified atom stereocenters. The Kier molecular flexibility index (Phi) is 10.3. The Morgan fingerprint density at radius 3 is 2.25 bits per heavy atom. The summed E-state index contributed by atoms with van der Waals surface area (Å²) in [4.78, 5) is 65.2. The minimum atomic E-state index is -1.51. The van der Waals surface area contributed by atoms with E-state index in [0.717, 1.165) is 4.90 Å². The van der Waals surface area contributed by atoms with E-state index in [1.165, 1.54) is 6.92 Å². The molecule has 0 saturated carbocycles. The minimum absolute atomic E-state index is 0.0799. The zero-order valence-electron chi connectivity index (χ0n) is 17.8. The molecule has 4 atom stereocenters. The molecule has 1 heterocycles. The third-order valence-electron chi connectivity index (χ3n) is 4.81. The summed E-state index contributed by atoms with van der Waals surface area (Å²) in [5, 5.41) is 23.3. The van der Waals surface area contributed by atoms with Gasteiger partial charge in [-0.15, -0.1) is 0 Å². The van der Waals surface area contributed by atoms with Gasteiger partial charge >= 0.3 is 11.9 Å². The van der Waals surface area contributed by atoms with E-state index in [9.17, 15) is 34.2 Å². The first-order valence-corrected chi connectivity index (χ1v) is 10.1. The maximum Gasteiger partial charge on any atom is 0.326 e. The number of aliphatic carboxylic acids is 2. The van der Waals surface area contributed by atoms with Crippen LogP contribution < -0.4 is 27.8 Å². The number of nitrogens with two attached hydrogens (primary N) is 3. The van der Waals surface area contributed by atoms with Crippen LogP contribution in [0.1, 0.15) is 39.0 Å². The molecule has 14 nitrogen and oxygen atoms in total. The molecule has 0 aromatic rings. The number of nitrogens with zero attached hydrogens (tertiary/aromatic N) is 2. The predicted octanol–water partition coefficient (Wildman–Crippen LogP) is -3.09. The van der Waals surface area contributed by atoms with Crippen LogP contribution in [-0.4, -0.2) is 88.0 Å². The molecule has 0 aromatic heterocycles. The largest absolute Gasteiger partial charge is 0.481 e. The third kappa shape index (κ3) is 8.37. The zero-order valence-corrected chi connectivity index (χ0v) is 17.8. The zero-order chi connectivity index (χ0) is 24.4. The lowest BCUT2D eigenvalue weighted by Gasteiger charge is -2.28. The fourth-order valence-electron chi connectivity index (χ4n) is 3.21. The molecular weight excluding hydrogens is 426 g/mol. The van der Waals surface area contributed by atoms with Crippen LogP contribution in [0.2, 0.25) is 0 Å². The minimum Gasteiger partial charge on any atom is -0.481 e. The summed E-state index contributed by atoms with van der Waals surface area (Å²) in [6.45, 7) is 1.72. The SMILES string of the molecule is CC(N)C(=O)NC(CCCN=C(N)N)C(=O)NC(CC(=O)O)C(=O)N1CCCC1C(=O)O. The van der Waals surface area contributed by atoms with Crippen LogP contribution in [0.5, 0.6) is 0 Å². The van der Waals surface area contributed by atoms with Gasteiger partial charge in [0.2, 0.25) is 17.7 Å². The molecule has 1 saturated heterocycles. The fourth-order valence-corrected chi connectivity index (χ4v) is 3.21. The van der Waals surface area contributed by atoms with E-state index in [-0.39, 0.29) is 31.9 Å². The highest BCUT2D eigenvalue weighted by Gasteiger charge is 2.39. The van der Waals surface area contributed by atoms with Gasteiger partial charge in [-0.05, 0) is 32.6 Å². The molecule has 0 aliphatic carbocycles. The molecule has 1 aliphatic heterocycles. The van der Waals surface area contributed by atoms with Gasteiger partial charge in [0.1, 0.15) is 18.1 Å². The molecule has 1 rings (SSSR count). The number of likely N-dealkylation sites (tertiary alicyclic amines) is 1. The molecule has 0 aromatic carbocycles. The molecule has 0 bridgehead atoms.